The molecule has 1 saturated carbocycles. The molecule has 0 saturated heterocycles. The Morgan fingerprint density at radius 3 is 2.82 bits per heavy atom. The van der Waals surface area contributed by atoms with E-state index < -0.39 is 0 Å². The number of hydrogen-bond acceptors (Lipinski definition) is 4. The van der Waals surface area contributed by atoms with Crippen LogP contribution in [0.4, 0.5) is 0 Å². The summed E-state index contributed by atoms with van der Waals surface area (Å²) in [6.45, 7) is 2.06. The molecule has 0 spiro atoms. The van der Waals surface area contributed by atoms with Crippen LogP contribution in [-0.2, 0) is 6.42 Å². The van der Waals surface area contributed by atoms with Crippen LogP contribution in [0.3, 0.4) is 0 Å². The molecule has 1 aliphatic carbocycles. The molecular formula is C13H22N2O2. The van der Waals surface area contributed by atoms with Gasteiger partial charge in [-0.15, -0.1) is 0 Å². The van der Waals surface area contributed by atoms with Crippen LogP contribution in [0.2, 0.25) is 0 Å². The smallest absolute Gasteiger partial charge is 0.229 e. The summed E-state index contributed by atoms with van der Waals surface area (Å²) in [4.78, 5) is 4.42. The van der Waals surface area contributed by atoms with E-state index in [0.29, 0.717) is 18.2 Å². The molecule has 1 N–H and O–H groups in total. The van der Waals surface area contributed by atoms with Crippen LogP contribution in [0.5, 0.6) is 0 Å². The first-order chi connectivity index (χ1) is 8.29. The number of aliphatic hydroxyl groups is 1. The van der Waals surface area contributed by atoms with Crippen molar-refractivity contribution < 1.29 is 9.63 Å². The van der Waals surface area contributed by atoms with E-state index in [-0.39, 0.29) is 6.10 Å². The Kier molecular flexibility index (Phi) is 4.54. The van der Waals surface area contributed by atoms with E-state index in [1.807, 2.05) is 0 Å². The Bertz CT molecular complexity index is 332. The highest BCUT2D eigenvalue weighted by atomic mass is 16.5. The van der Waals surface area contributed by atoms with Gasteiger partial charge in [-0.3, -0.25) is 0 Å². The fraction of sp³-hybridized carbons (Fsp3) is 0.846. The van der Waals surface area contributed by atoms with Gasteiger partial charge in [0.2, 0.25) is 5.89 Å². The lowest BCUT2D eigenvalue weighted by Crippen LogP contribution is -2.10. The van der Waals surface area contributed by atoms with Crippen LogP contribution in [0, 0.1) is 0 Å². The minimum atomic E-state index is -0.348. The highest BCUT2D eigenvalue weighted by molar-refractivity contribution is 4.97. The lowest BCUT2D eigenvalue weighted by molar-refractivity contribution is 0.151. The van der Waals surface area contributed by atoms with Gasteiger partial charge in [0.05, 0.1) is 12.5 Å². The summed E-state index contributed by atoms with van der Waals surface area (Å²) in [6, 6.07) is 0. The first-order valence-electron chi connectivity index (χ1n) is 6.80. The predicted molar refractivity (Wildman–Crippen MR) is 64.7 cm³/mol. The first-order valence-corrected chi connectivity index (χ1v) is 6.80. The van der Waals surface area contributed by atoms with Gasteiger partial charge in [0.25, 0.3) is 0 Å². The largest absolute Gasteiger partial charge is 0.393 e. The Hall–Kier alpha value is -0.900. The number of hydrogen-bond donors (Lipinski definition) is 1. The van der Waals surface area contributed by atoms with E-state index in [2.05, 4.69) is 17.1 Å². The van der Waals surface area contributed by atoms with Gasteiger partial charge in [-0.1, -0.05) is 37.8 Å². The SMILES string of the molecule is CCCC(O)Cc1nc(C2CCCCC2)no1. The Morgan fingerprint density at radius 1 is 1.35 bits per heavy atom. The molecule has 1 heterocycles. The molecule has 0 amide bonds. The summed E-state index contributed by atoms with van der Waals surface area (Å²) < 4.78 is 5.21. The highest BCUT2D eigenvalue weighted by Crippen LogP contribution is 2.30. The van der Waals surface area contributed by atoms with Gasteiger partial charge in [0.15, 0.2) is 5.82 Å². The van der Waals surface area contributed by atoms with Crippen LogP contribution in [0.15, 0.2) is 4.52 Å². The zero-order valence-corrected chi connectivity index (χ0v) is 10.6. The lowest BCUT2D eigenvalue weighted by Gasteiger charge is -2.17. The van der Waals surface area contributed by atoms with Crippen molar-refractivity contribution >= 4 is 0 Å². The van der Waals surface area contributed by atoms with E-state index in [4.69, 9.17) is 4.52 Å². The standard InChI is InChI=1S/C13H22N2O2/c1-2-6-11(16)9-12-14-13(15-17-12)10-7-4-3-5-8-10/h10-11,16H,2-9H2,1H3. The molecule has 1 atom stereocenters. The van der Waals surface area contributed by atoms with Crippen molar-refractivity contribution in [2.45, 2.75) is 70.3 Å². The summed E-state index contributed by atoms with van der Waals surface area (Å²) >= 11 is 0. The maximum atomic E-state index is 9.69. The van der Waals surface area contributed by atoms with Gasteiger partial charge >= 0.3 is 0 Å². The number of rotatable bonds is 5. The summed E-state index contributed by atoms with van der Waals surface area (Å²) in [6.07, 6.45) is 8.14. The third-order valence-electron chi connectivity index (χ3n) is 3.49. The number of aliphatic hydroxyl groups excluding tert-OH is 1. The van der Waals surface area contributed by atoms with Gasteiger partial charge < -0.3 is 9.63 Å². The predicted octanol–water partition coefficient (Wildman–Crippen LogP) is 2.82. The van der Waals surface area contributed by atoms with E-state index >= 15 is 0 Å². The fourth-order valence-electron chi connectivity index (χ4n) is 2.51. The molecule has 0 radical (unpaired) electrons. The molecule has 4 heteroatoms. The Balaban J connectivity index is 1.90. The van der Waals surface area contributed by atoms with E-state index in [1.165, 1.54) is 32.1 Å². The first kappa shape index (κ1) is 12.6. The number of nitrogens with zero attached hydrogens (tertiary/aromatic N) is 2. The van der Waals surface area contributed by atoms with E-state index in [1.54, 1.807) is 0 Å². The molecule has 0 aliphatic heterocycles. The topological polar surface area (TPSA) is 59.2 Å². The summed E-state index contributed by atoms with van der Waals surface area (Å²) in [5.41, 5.74) is 0. The van der Waals surface area contributed by atoms with Crippen LogP contribution in [0.25, 0.3) is 0 Å². The van der Waals surface area contributed by atoms with Gasteiger partial charge in [-0.25, -0.2) is 0 Å². The van der Waals surface area contributed by atoms with Crippen molar-refractivity contribution in [2.24, 2.45) is 0 Å². The van der Waals surface area contributed by atoms with Crippen LogP contribution < -0.4 is 0 Å². The van der Waals surface area contributed by atoms with Crippen molar-refractivity contribution in [3.8, 4) is 0 Å². The Morgan fingerprint density at radius 2 is 2.12 bits per heavy atom. The molecule has 2 rings (SSSR count). The lowest BCUT2D eigenvalue weighted by atomic mass is 9.89. The van der Waals surface area contributed by atoms with Crippen molar-refractivity contribution in [1.82, 2.24) is 10.1 Å². The van der Waals surface area contributed by atoms with Gasteiger partial charge in [0, 0.05) is 5.92 Å². The average molecular weight is 238 g/mol. The normalized spacial score (nSPS) is 19.4. The maximum absolute atomic E-state index is 9.69. The van der Waals surface area contributed by atoms with Gasteiger partial charge in [-0.05, 0) is 19.3 Å². The van der Waals surface area contributed by atoms with Crippen LogP contribution in [0.1, 0.15) is 69.5 Å². The molecule has 0 bridgehead atoms. The second-order valence-electron chi connectivity index (χ2n) is 5.03. The molecule has 4 nitrogen and oxygen atoms in total. The van der Waals surface area contributed by atoms with Gasteiger partial charge in [0.1, 0.15) is 0 Å². The van der Waals surface area contributed by atoms with E-state index in [0.717, 1.165) is 18.7 Å². The average Bonchev–Trinajstić information content (AvgIpc) is 2.79. The van der Waals surface area contributed by atoms with Crippen molar-refractivity contribution in [3.63, 3.8) is 0 Å². The summed E-state index contributed by atoms with van der Waals surface area (Å²) in [5.74, 6) is 1.92. The zero-order chi connectivity index (χ0) is 12.1. The summed E-state index contributed by atoms with van der Waals surface area (Å²) in [5, 5.41) is 13.8. The van der Waals surface area contributed by atoms with Crippen LogP contribution >= 0.6 is 0 Å². The summed E-state index contributed by atoms with van der Waals surface area (Å²) in [7, 11) is 0. The highest BCUT2D eigenvalue weighted by Gasteiger charge is 2.21. The maximum Gasteiger partial charge on any atom is 0.229 e. The molecular weight excluding hydrogens is 216 g/mol. The Labute approximate surface area is 102 Å². The molecule has 96 valence electrons. The second-order valence-corrected chi connectivity index (χ2v) is 5.03. The monoisotopic (exact) mass is 238 g/mol. The zero-order valence-electron chi connectivity index (χ0n) is 10.6. The molecule has 1 aromatic rings. The molecule has 1 unspecified atom stereocenters. The number of aromatic nitrogens is 2. The third-order valence-corrected chi connectivity index (χ3v) is 3.49. The molecule has 1 aliphatic rings. The third kappa shape index (κ3) is 3.53. The molecule has 0 aromatic carbocycles. The molecule has 1 aromatic heterocycles. The minimum absolute atomic E-state index is 0.348. The fourth-order valence-corrected chi connectivity index (χ4v) is 2.51. The quantitative estimate of drug-likeness (QED) is 0.857. The van der Waals surface area contributed by atoms with Crippen molar-refractivity contribution in [1.29, 1.82) is 0 Å². The van der Waals surface area contributed by atoms with Gasteiger partial charge in [-0.2, -0.15) is 4.98 Å². The molecule has 17 heavy (non-hydrogen) atoms. The molecule has 1 fully saturated rings. The second kappa shape index (κ2) is 6.15. The van der Waals surface area contributed by atoms with E-state index in [9.17, 15) is 5.11 Å². The van der Waals surface area contributed by atoms with Crippen molar-refractivity contribution in [2.75, 3.05) is 0 Å². The van der Waals surface area contributed by atoms with Crippen LogP contribution in [-0.4, -0.2) is 21.4 Å². The van der Waals surface area contributed by atoms with Crippen molar-refractivity contribution in [3.05, 3.63) is 11.7 Å². The minimum Gasteiger partial charge on any atom is -0.393 e.